The Morgan fingerprint density at radius 2 is 1.74 bits per heavy atom. The monoisotopic (exact) mass is 370 g/mol. The SMILES string of the molecule is COc1ccc(C(=O)N2CCC(Cc3ccc(CO)cc3)CC2)c(OC)n1. The van der Waals surface area contributed by atoms with Crippen molar-refractivity contribution in [1.29, 1.82) is 0 Å². The average molecular weight is 370 g/mol. The van der Waals surface area contributed by atoms with Crippen molar-refractivity contribution in [1.82, 2.24) is 9.88 Å². The lowest BCUT2D eigenvalue weighted by molar-refractivity contribution is 0.0686. The van der Waals surface area contributed by atoms with Gasteiger partial charge >= 0.3 is 0 Å². The molecule has 1 fully saturated rings. The fraction of sp³-hybridized carbons (Fsp3) is 0.429. The summed E-state index contributed by atoms with van der Waals surface area (Å²) in [5.74, 6) is 1.23. The first-order valence-corrected chi connectivity index (χ1v) is 9.21. The molecule has 1 amide bonds. The standard InChI is InChI=1S/C21H26N2O4/c1-26-19-8-7-18(20(22-19)27-2)21(25)23-11-9-16(10-12-23)13-15-3-5-17(14-24)6-4-15/h3-8,16,24H,9-14H2,1-2H3. The number of hydrogen-bond acceptors (Lipinski definition) is 5. The Hall–Kier alpha value is -2.60. The Morgan fingerprint density at radius 3 is 2.33 bits per heavy atom. The second-order valence-corrected chi connectivity index (χ2v) is 6.82. The van der Waals surface area contributed by atoms with E-state index in [0.29, 0.717) is 23.2 Å². The lowest BCUT2D eigenvalue weighted by Gasteiger charge is -2.32. The van der Waals surface area contributed by atoms with Crippen LogP contribution in [0.2, 0.25) is 0 Å². The summed E-state index contributed by atoms with van der Waals surface area (Å²) in [6.45, 7) is 1.53. The van der Waals surface area contributed by atoms with E-state index < -0.39 is 0 Å². The lowest BCUT2D eigenvalue weighted by atomic mass is 9.89. The predicted molar refractivity (Wildman–Crippen MR) is 102 cm³/mol. The highest BCUT2D eigenvalue weighted by Crippen LogP contribution is 2.26. The number of nitrogens with zero attached hydrogens (tertiary/aromatic N) is 2. The Balaban J connectivity index is 1.59. The Morgan fingerprint density at radius 1 is 1.07 bits per heavy atom. The minimum absolute atomic E-state index is 0.0484. The molecule has 0 bridgehead atoms. The lowest BCUT2D eigenvalue weighted by Crippen LogP contribution is -2.39. The second kappa shape index (κ2) is 8.86. The molecule has 1 aliphatic rings. The maximum Gasteiger partial charge on any atom is 0.259 e. The van der Waals surface area contributed by atoms with Crippen molar-refractivity contribution in [3.05, 3.63) is 53.1 Å². The molecule has 1 saturated heterocycles. The molecule has 0 radical (unpaired) electrons. The van der Waals surface area contributed by atoms with Crippen molar-refractivity contribution in [2.45, 2.75) is 25.9 Å². The summed E-state index contributed by atoms with van der Waals surface area (Å²) in [7, 11) is 3.04. The van der Waals surface area contributed by atoms with Gasteiger partial charge in [0, 0.05) is 19.2 Å². The van der Waals surface area contributed by atoms with Gasteiger partial charge in [-0.3, -0.25) is 4.79 Å². The van der Waals surface area contributed by atoms with Crippen LogP contribution in [0.3, 0.4) is 0 Å². The third-order valence-electron chi connectivity index (χ3n) is 5.10. The summed E-state index contributed by atoms with van der Waals surface area (Å²) < 4.78 is 10.4. The van der Waals surface area contributed by atoms with Crippen LogP contribution < -0.4 is 9.47 Å². The van der Waals surface area contributed by atoms with Crippen LogP contribution in [0.4, 0.5) is 0 Å². The summed E-state index contributed by atoms with van der Waals surface area (Å²) in [5, 5.41) is 9.13. The molecule has 0 unspecified atom stereocenters. The number of benzene rings is 1. The molecule has 1 aliphatic heterocycles. The van der Waals surface area contributed by atoms with E-state index in [1.165, 1.54) is 19.8 Å². The summed E-state index contributed by atoms with van der Waals surface area (Å²) in [5.41, 5.74) is 2.68. The molecule has 27 heavy (non-hydrogen) atoms. The summed E-state index contributed by atoms with van der Waals surface area (Å²) in [6, 6.07) is 11.5. The molecule has 2 aromatic rings. The van der Waals surface area contributed by atoms with Gasteiger partial charge in [-0.2, -0.15) is 4.98 Å². The number of piperidine rings is 1. The first-order valence-electron chi connectivity index (χ1n) is 9.21. The third-order valence-corrected chi connectivity index (χ3v) is 5.10. The van der Waals surface area contributed by atoms with E-state index in [1.54, 1.807) is 12.1 Å². The number of likely N-dealkylation sites (tertiary alicyclic amines) is 1. The fourth-order valence-electron chi connectivity index (χ4n) is 3.48. The normalized spacial score (nSPS) is 14.9. The van der Waals surface area contributed by atoms with Crippen LogP contribution in [-0.2, 0) is 13.0 Å². The zero-order valence-electron chi connectivity index (χ0n) is 15.9. The first kappa shape index (κ1) is 19.2. The van der Waals surface area contributed by atoms with Gasteiger partial charge in [0.05, 0.1) is 20.8 Å². The first-order chi connectivity index (χ1) is 13.1. The van der Waals surface area contributed by atoms with Crippen LogP contribution in [0.1, 0.15) is 34.3 Å². The van der Waals surface area contributed by atoms with Gasteiger partial charge in [-0.25, -0.2) is 0 Å². The van der Waals surface area contributed by atoms with E-state index in [1.807, 2.05) is 17.0 Å². The molecule has 6 nitrogen and oxygen atoms in total. The zero-order valence-corrected chi connectivity index (χ0v) is 15.9. The summed E-state index contributed by atoms with van der Waals surface area (Å²) in [6.07, 6.45) is 2.94. The molecule has 6 heteroatoms. The minimum Gasteiger partial charge on any atom is -0.481 e. The van der Waals surface area contributed by atoms with Crippen molar-refractivity contribution >= 4 is 5.91 Å². The Labute approximate surface area is 159 Å². The number of aromatic nitrogens is 1. The third kappa shape index (κ3) is 4.57. The number of methoxy groups -OCH3 is 2. The number of hydrogen-bond donors (Lipinski definition) is 1. The highest BCUT2D eigenvalue weighted by atomic mass is 16.5. The van der Waals surface area contributed by atoms with Gasteiger partial charge in [-0.15, -0.1) is 0 Å². The van der Waals surface area contributed by atoms with Crippen molar-refractivity contribution in [2.24, 2.45) is 5.92 Å². The van der Waals surface area contributed by atoms with E-state index in [2.05, 4.69) is 17.1 Å². The minimum atomic E-state index is -0.0484. The van der Waals surface area contributed by atoms with Crippen LogP contribution in [0.15, 0.2) is 36.4 Å². The molecule has 1 aromatic heterocycles. The van der Waals surface area contributed by atoms with Crippen molar-refractivity contribution < 1.29 is 19.4 Å². The quantitative estimate of drug-likeness (QED) is 0.846. The number of aliphatic hydroxyl groups is 1. The van der Waals surface area contributed by atoms with E-state index in [0.717, 1.165) is 37.9 Å². The van der Waals surface area contributed by atoms with E-state index in [9.17, 15) is 4.79 Å². The van der Waals surface area contributed by atoms with Gasteiger partial charge in [0.2, 0.25) is 11.8 Å². The van der Waals surface area contributed by atoms with Crippen LogP contribution >= 0.6 is 0 Å². The fourth-order valence-corrected chi connectivity index (χ4v) is 3.48. The molecular weight excluding hydrogens is 344 g/mol. The molecule has 3 rings (SSSR count). The average Bonchev–Trinajstić information content (AvgIpc) is 2.73. The van der Waals surface area contributed by atoms with Crippen LogP contribution in [0, 0.1) is 5.92 Å². The molecule has 0 saturated carbocycles. The van der Waals surface area contributed by atoms with E-state index >= 15 is 0 Å². The second-order valence-electron chi connectivity index (χ2n) is 6.82. The van der Waals surface area contributed by atoms with Crippen molar-refractivity contribution in [3.8, 4) is 11.8 Å². The van der Waals surface area contributed by atoms with Crippen LogP contribution in [-0.4, -0.2) is 48.2 Å². The molecule has 144 valence electrons. The smallest absolute Gasteiger partial charge is 0.259 e. The molecule has 1 N–H and O–H groups in total. The number of amides is 1. The van der Waals surface area contributed by atoms with Gasteiger partial charge in [0.25, 0.3) is 5.91 Å². The van der Waals surface area contributed by atoms with Gasteiger partial charge in [-0.05, 0) is 42.4 Å². The number of ether oxygens (including phenoxy) is 2. The van der Waals surface area contributed by atoms with Crippen LogP contribution in [0.5, 0.6) is 11.8 Å². The highest BCUT2D eigenvalue weighted by Gasteiger charge is 2.26. The number of rotatable bonds is 6. The maximum atomic E-state index is 12.9. The van der Waals surface area contributed by atoms with Crippen molar-refractivity contribution in [2.75, 3.05) is 27.3 Å². The number of aliphatic hydroxyl groups excluding tert-OH is 1. The molecule has 2 heterocycles. The highest BCUT2D eigenvalue weighted by molar-refractivity contribution is 5.96. The summed E-state index contributed by atoms with van der Waals surface area (Å²) in [4.78, 5) is 18.9. The molecule has 1 aromatic carbocycles. The van der Waals surface area contributed by atoms with E-state index in [4.69, 9.17) is 14.6 Å². The van der Waals surface area contributed by atoms with E-state index in [-0.39, 0.29) is 12.5 Å². The van der Waals surface area contributed by atoms with Gasteiger partial charge in [-0.1, -0.05) is 24.3 Å². The maximum absolute atomic E-state index is 12.9. The van der Waals surface area contributed by atoms with Gasteiger partial charge < -0.3 is 19.5 Å². The zero-order chi connectivity index (χ0) is 19.2. The number of pyridine rings is 1. The number of carbonyl (C=O) groups is 1. The molecule has 0 atom stereocenters. The largest absolute Gasteiger partial charge is 0.481 e. The molecular formula is C21H26N2O4. The van der Waals surface area contributed by atoms with Crippen LogP contribution in [0.25, 0.3) is 0 Å². The molecule has 0 aliphatic carbocycles. The number of carbonyl (C=O) groups excluding carboxylic acids is 1. The topological polar surface area (TPSA) is 71.9 Å². The Kier molecular flexibility index (Phi) is 6.29. The Bertz CT molecular complexity index is 768. The molecule has 0 spiro atoms. The summed E-state index contributed by atoms with van der Waals surface area (Å²) >= 11 is 0. The van der Waals surface area contributed by atoms with Gasteiger partial charge in [0.1, 0.15) is 5.56 Å². The van der Waals surface area contributed by atoms with Crippen molar-refractivity contribution in [3.63, 3.8) is 0 Å². The van der Waals surface area contributed by atoms with Gasteiger partial charge in [0.15, 0.2) is 0 Å². The predicted octanol–water partition coefficient (Wildman–Crippen LogP) is 2.69.